The van der Waals surface area contributed by atoms with Crippen LogP contribution in [0.4, 0.5) is 8.78 Å². The number of aryl methyl sites for hydroxylation is 1. The normalized spacial score (nSPS) is 14.9. The van der Waals surface area contributed by atoms with Crippen LogP contribution in [0, 0.1) is 11.6 Å². The summed E-state index contributed by atoms with van der Waals surface area (Å²) >= 11 is 0. The maximum absolute atomic E-state index is 14.1. The van der Waals surface area contributed by atoms with E-state index in [0.717, 1.165) is 30.5 Å². The van der Waals surface area contributed by atoms with Gasteiger partial charge in [-0.25, -0.2) is 13.6 Å². The molecule has 1 atom stereocenters. The van der Waals surface area contributed by atoms with Crippen LogP contribution in [0.3, 0.4) is 0 Å². The van der Waals surface area contributed by atoms with E-state index in [2.05, 4.69) is 24.0 Å². The first kappa shape index (κ1) is 27.4. The molecular weight excluding hydrogens is 410 g/mol. The van der Waals surface area contributed by atoms with Crippen molar-refractivity contribution in [2.75, 3.05) is 6.61 Å². The lowest BCUT2D eigenvalue weighted by Crippen LogP contribution is -2.15. The lowest BCUT2D eigenvalue weighted by atomic mass is 9.85. The molecule has 0 bridgehead atoms. The highest BCUT2D eigenvalue weighted by Crippen LogP contribution is 2.34. The topological polar surface area (TPSA) is 52.1 Å². The van der Waals surface area contributed by atoms with E-state index in [9.17, 15) is 13.6 Å². The second kappa shape index (κ2) is 14.4. The Kier molecular flexibility index (Phi) is 12.4. The van der Waals surface area contributed by atoms with Crippen LogP contribution in [0.2, 0.25) is 0 Å². The third kappa shape index (κ3) is 7.21. The standard InChI is InChI=1S/C21H22F2N2O2.C3H8.C2H6/c1-3-13(21(26)27-4-2)11-14-7-5-8-15-12-18(24-25-20(14)15)19-16(22)9-6-10-17(19)23;1-3-2;1-2/h6,9-12,14H,3-5,7-8H2,1-2H3;3H2,1-2H3;1-2H3/b13-11-;;. The highest BCUT2D eigenvalue weighted by Gasteiger charge is 2.24. The van der Waals surface area contributed by atoms with Gasteiger partial charge in [0.1, 0.15) is 11.6 Å². The first-order valence-corrected chi connectivity index (χ1v) is 11.6. The molecule has 2 aromatic rings. The number of carbonyl (C=O) groups excluding carboxylic acids is 1. The van der Waals surface area contributed by atoms with Crippen molar-refractivity contribution in [3.05, 3.63) is 58.8 Å². The van der Waals surface area contributed by atoms with Crippen LogP contribution in [0.15, 0.2) is 35.9 Å². The molecule has 3 rings (SSSR count). The Balaban J connectivity index is 0.000000944. The number of allylic oxidation sites excluding steroid dienone is 1. The molecule has 1 aliphatic rings. The summed E-state index contributed by atoms with van der Waals surface area (Å²) in [4.78, 5) is 12.1. The van der Waals surface area contributed by atoms with Crippen molar-refractivity contribution in [3.63, 3.8) is 0 Å². The molecule has 0 saturated heterocycles. The monoisotopic (exact) mass is 446 g/mol. The first-order valence-electron chi connectivity index (χ1n) is 11.6. The molecule has 32 heavy (non-hydrogen) atoms. The van der Waals surface area contributed by atoms with Gasteiger partial charge in [-0.15, -0.1) is 0 Å². The minimum Gasteiger partial charge on any atom is -0.463 e. The number of rotatable bonds is 5. The number of carbonyl (C=O) groups is 1. The summed E-state index contributed by atoms with van der Waals surface area (Å²) in [5.74, 6) is -1.69. The molecule has 0 spiro atoms. The van der Waals surface area contributed by atoms with E-state index < -0.39 is 11.6 Å². The highest BCUT2D eigenvalue weighted by atomic mass is 19.1. The molecule has 0 amide bonds. The molecule has 0 N–H and O–H groups in total. The van der Waals surface area contributed by atoms with Gasteiger partial charge in [0.05, 0.1) is 23.6 Å². The Morgan fingerprint density at radius 3 is 2.31 bits per heavy atom. The van der Waals surface area contributed by atoms with Crippen LogP contribution in [-0.4, -0.2) is 22.8 Å². The maximum Gasteiger partial charge on any atom is 0.333 e. The zero-order chi connectivity index (χ0) is 24.1. The Hall–Kier alpha value is -2.63. The number of ether oxygens (including phenoxy) is 1. The van der Waals surface area contributed by atoms with Gasteiger partial charge in [-0.05, 0) is 56.4 Å². The molecule has 1 aromatic carbocycles. The minimum atomic E-state index is -0.660. The van der Waals surface area contributed by atoms with Crippen LogP contribution in [0.5, 0.6) is 0 Å². The molecule has 0 radical (unpaired) electrons. The number of fused-ring (bicyclic) bond motifs is 1. The van der Waals surface area contributed by atoms with E-state index >= 15 is 0 Å². The molecule has 6 heteroatoms. The van der Waals surface area contributed by atoms with E-state index in [4.69, 9.17) is 4.74 Å². The van der Waals surface area contributed by atoms with Gasteiger partial charge in [-0.3, -0.25) is 0 Å². The summed E-state index contributed by atoms with van der Waals surface area (Å²) in [6.45, 7) is 12.3. The predicted molar refractivity (Wildman–Crippen MR) is 125 cm³/mol. The van der Waals surface area contributed by atoms with Crippen LogP contribution in [-0.2, 0) is 16.0 Å². The molecule has 1 aromatic heterocycles. The third-order valence-corrected chi connectivity index (χ3v) is 4.76. The molecule has 176 valence electrons. The van der Waals surface area contributed by atoms with Crippen molar-refractivity contribution >= 4 is 5.97 Å². The van der Waals surface area contributed by atoms with Gasteiger partial charge in [-0.2, -0.15) is 10.2 Å². The summed E-state index contributed by atoms with van der Waals surface area (Å²) in [5.41, 5.74) is 2.31. The number of aromatic nitrogens is 2. The molecule has 1 heterocycles. The SMILES string of the molecule is CC.CCC.CCOC(=O)/C(=C\C1CCCc2cc(-c3c(F)cccc3F)nnc21)CC. The van der Waals surface area contributed by atoms with Crippen LogP contribution < -0.4 is 0 Å². The Morgan fingerprint density at radius 1 is 1.12 bits per heavy atom. The van der Waals surface area contributed by atoms with Crippen LogP contribution >= 0.6 is 0 Å². The summed E-state index contributed by atoms with van der Waals surface area (Å²) in [7, 11) is 0. The number of hydrogen-bond acceptors (Lipinski definition) is 4. The average Bonchev–Trinajstić information content (AvgIpc) is 2.79. The Morgan fingerprint density at radius 2 is 1.75 bits per heavy atom. The Bertz CT molecular complexity index is 877. The number of nitrogens with zero attached hydrogens (tertiary/aromatic N) is 2. The average molecular weight is 447 g/mol. The smallest absolute Gasteiger partial charge is 0.333 e. The van der Waals surface area contributed by atoms with E-state index in [1.54, 1.807) is 13.0 Å². The molecule has 4 nitrogen and oxygen atoms in total. The Labute approximate surface area is 191 Å². The molecule has 0 fully saturated rings. The fraction of sp³-hybridized carbons (Fsp3) is 0.500. The second-order valence-electron chi connectivity index (χ2n) is 7.21. The van der Waals surface area contributed by atoms with Gasteiger partial charge in [0.15, 0.2) is 0 Å². The molecule has 0 saturated carbocycles. The third-order valence-electron chi connectivity index (χ3n) is 4.76. The number of halogens is 2. The number of benzene rings is 1. The summed E-state index contributed by atoms with van der Waals surface area (Å²) in [6, 6.07) is 5.44. The van der Waals surface area contributed by atoms with Crippen molar-refractivity contribution < 1.29 is 18.3 Å². The summed E-state index contributed by atoms with van der Waals surface area (Å²) in [6.07, 6.45) is 6.22. The van der Waals surface area contributed by atoms with Crippen LogP contribution in [0.1, 0.15) is 84.4 Å². The van der Waals surface area contributed by atoms with Crippen LogP contribution in [0.25, 0.3) is 11.3 Å². The number of hydrogen-bond donors (Lipinski definition) is 0. The zero-order valence-electron chi connectivity index (χ0n) is 20.2. The summed E-state index contributed by atoms with van der Waals surface area (Å²) < 4.78 is 33.2. The fourth-order valence-electron chi connectivity index (χ4n) is 3.43. The predicted octanol–water partition coefficient (Wildman–Crippen LogP) is 7.18. The lowest BCUT2D eigenvalue weighted by molar-refractivity contribution is -0.138. The van der Waals surface area contributed by atoms with Crippen molar-refractivity contribution in [2.24, 2.45) is 0 Å². The van der Waals surface area contributed by atoms with E-state index in [1.165, 1.54) is 24.6 Å². The van der Waals surface area contributed by atoms with Gasteiger partial charge < -0.3 is 4.74 Å². The van der Waals surface area contributed by atoms with Gasteiger partial charge in [-0.1, -0.05) is 53.2 Å². The molecule has 1 aliphatic carbocycles. The highest BCUT2D eigenvalue weighted by molar-refractivity contribution is 5.88. The maximum atomic E-state index is 14.1. The van der Waals surface area contributed by atoms with Crippen molar-refractivity contribution in [2.45, 2.75) is 79.6 Å². The minimum absolute atomic E-state index is 0.0554. The molecule has 0 aliphatic heterocycles. The quantitative estimate of drug-likeness (QED) is 0.360. The van der Waals surface area contributed by atoms with Gasteiger partial charge >= 0.3 is 5.97 Å². The molecule has 1 unspecified atom stereocenters. The van der Waals surface area contributed by atoms with E-state index in [0.29, 0.717) is 18.6 Å². The van der Waals surface area contributed by atoms with E-state index in [-0.39, 0.29) is 23.1 Å². The van der Waals surface area contributed by atoms with Crippen molar-refractivity contribution in [1.29, 1.82) is 0 Å². The largest absolute Gasteiger partial charge is 0.463 e. The fourth-order valence-corrected chi connectivity index (χ4v) is 3.43. The zero-order valence-corrected chi connectivity index (χ0v) is 20.2. The number of esters is 1. The van der Waals surface area contributed by atoms with Gasteiger partial charge in [0, 0.05) is 11.5 Å². The van der Waals surface area contributed by atoms with Gasteiger partial charge in [0.25, 0.3) is 0 Å². The van der Waals surface area contributed by atoms with Crippen molar-refractivity contribution in [3.8, 4) is 11.3 Å². The van der Waals surface area contributed by atoms with Crippen molar-refractivity contribution in [1.82, 2.24) is 10.2 Å². The van der Waals surface area contributed by atoms with Gasteiger partial charge in [0.2, 0.25) is 0 Å². The second-order valence-corrected chi connectivity index (χ2v) is 7.21. The van der Waals surface area contributed by atoms with E-state index in [1.807, 2.05) is 26.8 Å². The molecular formula is C26H36F2N2O2. The first-order chi connectivity index (χ1) is 15.5. The lowest BCUT2D eigenvalue weighted by Gasteiger charge is -2.22. The summed E-state index contributed by atoms with van der Waals surface area (Å²) in [5, 5.41) is 8.34.